The molecule has 1 unspecified atom stereocenters. The second-order valence-electron chi connectivity index (χ2n) is 4.20. The minimum atomic E-state index is 0.0955. The van der Waals surface area contributed by atoms with Gasteiger partial charge in [-0.1, -0.05) is 0 Å². The number of aromatic nitrogens is 1. The largest absolute Gasteiger partial charge is 0.355 e. The predicted octanol–water partition coefficient (Wildman–Crippen LogP) is 0.350. The van der Waals surface area contributed by atoms with Crippen LogP contribution in [0.2, 0.25) is 0 Å². The van der Waals surface area contributed by atoms with Gasteiger partial charge in [-0.05, 0) is 43.1 Å². The maximum absolute atomic E-state index is 11.6. The van der Waals surface area contributed by atoms with E-state index in [2.05, 4.69) is 15.6 Å². The van der Waals surface area contributed by atoms with Crippen LogP contribution in [0.1, 0.15) is 12.0 Å². The molecule has 1 fully saturated rings. The van der Waals surface area contributed by atoms with Crippen molar-refractivity contribution in [3.8, 4) is 0 Å². The summed E-state index contributed by atoms with van der Waals surface area (Å²) in [7, 11) is 0. The number of pyridine rings is 1. The van der Waals surface area contributed by atoms with E-state index in [1.54, 1.807) is 12.4 Å². The smallest absolute Gasteiger partial charge is 0.224 e. The van der Waals surface area contributed by atoms with Crippen LogP contribution < -0.4 is 10.6 Å². The van der Waals surface area contributed by atoms with Gasteiger partial charge in [-0.15, -0.1) is 0 Å². The molecule has 1 saturated heterocycles. The lowest BCUT2D eigenvalue weighted by molar-refractivity contribution is -0.120. The molecule has 2 rings (SSSR count). The van der Waals surface area contributed by atoms with E-state index in [4.69, 9.17) is 0 Å². The third-order valence-corrected chi connectivity index (χ3v) is 2.86. The number of hydrogen-bond donors (Lipinski definition) is 2. The van der Waals surface area contributed by atoms with E-state index < -0.39 is 0 Å². The number of carbonyl (C=O) groups excluding carboxylic acids is 1. The number of nitrogens with one attached hydrogen (secondary N) is 2. The van der Waals surface area contributed by atoms with Gasteiger partial charge in [0.15, 0.2) is 0 Å². The molecule has 1 aromatic rings. The zero-order chi connectivity index (χ0) is 11.2. The van der Waals surface area contributed by atoms with Crippen molar-refractivity contribution in [2.75, 3.05) is 19.6 Å². The van der Waals surface area contributed by atoms with Crippen molar-refractivity contribution in [2.45, 2.75) is 12.8 Å². The molecule has 4 heteroatoms. The average Bonchev–Trinajstić information content (AvgIpc) is 2.81. The van der Waals surface area contributed by atoms with Gasteiger partial charge in [0, 0.05) is 18.9 Å². The summed E-state index contributed by atoms with van der Waals surface area (Å²) >= 11 is 0. The first kappa shape index (κ1) is 11.1. The molecule has 16 heavy (non-hydrogen) atoms. The third kappa shape index (κ3) is 3.31. The highest BCUT2D eigenvalue weighted by atomic mass is 16.1. The number of hydrogen-bond acceptors (Lipinski definition) is 3. The van der Waals surface area contributed by atoms with Crippen LogP contribution in [0.4, 0.5) is 0 Å². The Morgan fingerprint density at radius 2 is 2.31 bits per heavy atom. The fourth-order valence-electron chi connectivity index (χ4n) is 1.90. The van der Waals surface area contributed by atoms with E-state index in [0.717, 1.165) is 31.6 Å². The molecule has 0 aromatic carbocycles. The third-order valence-electron chi connectivity index (χ3n) is 2.86. The molecule has 0 radical (unpaired) electrons. The maximum Gasteiger partial charge on any atom is 0.224 e. The van der Waals surface area contributed by atoms with Crippen LogP contribution >= 0.6 is 0 Å². The minimum Gasteiger partial charge on any atom is -0.355 e. The molecule has 0 aliphatic carbocycles. The van der Waals surface area contributed by atoms with E-state index in [0.29, 0.717) is 12.3 Å². The van der Waals surface area contributed by atoms with Crippen LogP contribution in [-0.2, 0) is 11.2 Å². The minimum absolute atomic E-state index is 0.0955. The lowest BCUT2D eigenvalue weighted by Crippen LogP contribution is -2.31. The van der Waals surface area contributed by atoms with Gasteiger partial charge in [0.1, 0.15) is 0 Å². The molecule has 1 aliphatic heterocycles. The first-order valence-electron chi connectivity index (χ1n) is 5.71. The molecule has 1 atom stereocenters. The van der Waals surface area contributed by atoms with Gasteiger partial charge in [-0.3, -0.25) is 9.78 Å². The first-order valence-corrected chi connectivity index (χ1v) is 5.71. The normalized spacial score (nSPS) is 19.6. The number of nitrogens with zero attached hydrogens (tertiary/aromatic N) is 1. The standard InChI is InChI=1S/C12H17N3O/c16-12(7-10-1-4-13-5-2-10)15-9-11-3-6-14-8-11/h1-2,4-5,11,14H,3,6-9H2,(H,15,16). The van der Waals surface area contributed by atoms with Crippen LogP contribution in [0.5, 0.6) is 0 Å². The Morgan fingerprint density at radius 1 is 1.50 bits per heavy atom. The first-order chi connectivity index (χ1) is 7.84. The highest BCUT2D eigenvalue weighted by Gasteiger charge is 2.14. The van der Waals surface area contributed by atoms with Crippen molar-refractivity contribution in [1.82, 2.24) is 15.6 Å². The summed E-state index contributed by atoms with van der Waals surface area (Å²) < 4.78 is 0. The molecular weight excluding hydrogens is 202 g/mol. The summed E-state index contributed by atoms with van der Waals surface area (Å²) in [5.74, 6) is 0.694. The monoisotopic (exact) mass is 219 g/mol. The van der Waals surface area contributed by atoms with Crippen molar-refractivity contribution >= 4 is 5.91 Å². The average molecular weight is 219 g/mol. The van der Waals surface area contributed by atoms with Crippen LogP contribution in [0, 0.1) is 5.92 Å². The SMILES string of the molecule is O=C(Cc1ccncc1)NCC1CCNC1. The van der Waals surface area contributed by atoms with Gasteiger partial charge in [0.05, 0.1) is 6.42 Å². The zero-order valence-electron chi connectivity index (χ0n) is 9.28. The van der Waals surface area contributed by atoms with E-state index in [-0.39, 0.29) is 5.91 Å². The summed E-state index contributed by atoms with van der Waals surface area (Å²) in [6, 6.07) is 3.74. The van der Waals surface area contributed by atoms with Crippen LogP contribution in [0.3, 0.4) is 0 Å². The topological polar surface area (TPSA) is 54.0 Å². The highest BCUT2D eigenvalue weighted by Crippen LogP contribution is 2.05. The quantitative estimate of drug-likeness (QED) is 0.768. The lowest BCUT2D eigenvalue weighted by Gasteiger charge is -2.09. The second kappa shape index (κ2) is 5.61. The Bertz CT molecular complexity index is 333. The van der Waals surface area contributed by atoms with E-state index in [9.17, 15) is 4.79 Å². The van der Waals surface area contributed by atoms with Gasteiger partial charge in [0.25, 0.3) is 0 Å². The summed E-state index contributed by atoms with van der Waals surface area (Å²) in [5, 5.41) is 6.26. The van der Waals surface area contributed by atoms with Gasteiger partial charge in [-0.25, -0.2) is 0 Å². The summed E-state index contributed by atoms with van der Waals surface area (Å²) in [6.07, 6.45) is 5.03. The molecule has 0 saturated carbocycles. The molecular formula is C12H17N3O. The number of amides is 1. The van der Waals surface area contributed by atoms with Crippen molar-refractivity contribution in [2.24, 2.45) is 5.92 Å². The van der Waals surface area contributed by atoms with Crippen molar-refractivity contribution < 1.29 is 4.79 Å². The highest BCUT2D eigenvalue weighted by molar-refractivity contribution is 5.78. The molecule has 1 aromatic heterocycles. The molecule has 86 valence electrons. The Kier molecular flexibility index (Phi) is 3.88. The fourth-order valence-corrected chi connectivity index (χ4v) is 1.90. The van der Waals surface area contributed by atoms with Crippen molar-refractivity contribution in [1.29, 1.82) is 0 Å². The summed E-state index contributed by atoms with van der Waals surface area (Å²) in [5.41, 5.74) is 1.01. The van der Waals surface area contributed by atoms with Gasteiger partial charge in [0.2, 0.25) is 5.91 Å². The predicted molar refractivity (Wildman–Crippen MR) is 61.9 cm³/mol. The molecule has 4 nitrogen and oxygen atoms in total. The van der Waals surface area contributed by atoms with Gasteiger partial charge >= 0.3 is 0 Å². The number of carbonyl (C=O) groups is 1. The van der Waals surface area contributed by atoms with Gasteiger partial charge in [-0.2, -0.15) is 0 Å². The summed E-state index contributed by atoms with van der Waals surface area (Å²) in [6.45, 7) is 2.89. The van der Waals surface area contributed by atoms with Crippen LogP contribution in [-0.4, -0.2) is 30.5 Å². The molecule has 0 spiro atoms. The Balaban J connectivity index is 1.72. The number of rotatable bonds is 4. The molecule has 1 aliphatic rings. The van der Waals surface area contributed by atoms with Crippen molar-refractivity contribution in [3.63, 3.8) is 0 Å². The zero-order valence-corrected chi connectivity index (χ0v) is 9.28. The molecule has 1 amide bonds. The lowest BCUT2D eigenvalue weighted by atomic mass is 10.1. The molecule has 2 N–H and O–H groups in total. The van der Waals surface area contributed by atoms with Gasteiger partial charge < -0.3 is 10.6 Å². The fraction of sp³-hybridized carbons (Fsp3) is 0.500. The molecule has 0 bridgehead atoms. The maximum atomic E-state index is 11.6. The van der Waals surface area contributed by atoms with E-state index >= 15 is 0 Å². The van der Waals surface area contributed by atoms with E-state index in [1.165, 1.54) is 0 Å². The Labute approximate surface area is 95.5 Å². The van der Waals surface area contributed by atoms with Crippen LogP contribution in [0.15, 0.2) is 24.5 Å². The Morgan fingerprint density at radius 3 is 3.00 bits per heavy atom. The Hall–Kier alpha value is -1.42. The second-order valence-corrected chi connectivity index (χ2v) is 4.20. The van der Waals surface area contributed by atoms with E-state index in [1.807, 2.05) is 12.1 Å². The van der Waals surface area contributed by atoms with Crippen molar-refractivity contribution in [3.05, 3.63) is 30.1 Å². The molecule has 2 heterocycles. The van der Waals surface area contributed by atoms with Crippen LogP contribution in [0.25, 0.3) is 0 Å². The summed E-state index contributed by atoms with van der Waals surface area (Å²) in [4.78, 5) is 15.5.